The first-order valence-corrected chi connectivity index (χ1v) is 6.25. The molecule has 0 fully saturated rings. The molecular formula is C13H25NO2. The van der Waals surface area contributed by atoms with Crippen LogP contribution in [0.3, 0.4) is 0 Å². The summed E-state index contributed by atoms with van der Waals surface area (Å²) in [5, 5.41) is 8.73. The van der Waals surface area contributed by atoms with Crippen LogP contribution in [-0.4, -0.2) is 35.6 Å². The molecule has 0 rings (SSSR count). The Labute approximate surface area is 99.1 Å². The van der Waals surface area contributed by atoms with Crippen molar-refractivity contribution in [2.45, 2.75) is 46.0 Å². The van der Waals surface area contributed by atoms with Crippen LogP contribution in [0, 0.1) is 0 Å². The summed E-state index contributed by atoms with van der Waals surface area (Å²) in [7, 11) is 0. The standard InChI is InChI=1S/C13H25NO2/c1-4-6-9-14(10-7-5-2)11-8-12(3)13(15)16/h3-11H2,1-2H3,(H,15,16). The number of aliphatic carboxylic acids is 1. The predicted molar refractivity (Wildman–Crippen MR) is 67.6 cm³/mol. The van der Waals surface area contributed by atoms with Crippen molar-refractivity contribution in [3.8, 4) is 0 Å². The molecule has 0 unspecified atom stereocenters. The lowest BCUT2D eigenvalue weighted by molar-refractivity contribution is -0.132. The lowest BCUT2D eigenvalue weighted by Crippen LogP contribution is -2.28. The van der Waals surface area contributed by atoms with E-state index in [-0.39, 0.29) is 0 Å². The highest BCUT2D eigenvalue weighted by atomic mass is 16.4. The van der Waals surface area contributed by atoms with E-state index in [1.165, 1.54) is 25.7 Å². The minimum absolute atomic E-state index is 0.318. The Morgan fingerprint density at radius 1 is 1.12 bits per heavy atom. The molecule has 0 heterocycles. The van der Waals surface area contributed by atoms with Crippen LogP contribution in [0.4, 0.5) is 0 Å². The third kappa shape index (κ3) is 7.46. The Hall–Kier alpha value is -0.830. The van der Waals surface area contributed by atoms with Crippen molar-refractivity contribution in [3.63, 3.8) is 0 Å². The van der Waals surface area contributed by atoms with E-state index in [4.69, 9.17) is 5.11 Å². The van der Waals surface area contributed by atoms with Crippen LogP contribution < -0.4 is 0 Å². The summed E-state index contributed by atoms with van der Waals surface area (Å²) >= 11 is 0. The van der Waals surface area contributed by atoms with Gasteiger partial charge in [0.1, 0.15) is 0 Å². The fourth-order valence-corrected chi connectivity index (χ4v) is 1.50. The van der Waals surface area contributed by atoms with Crippen LogP contribution in [0.1, 0.15) is 46.0 Å². The number of nitrogens with zero attached hydrogens (tertiary/aromatic N) is 1. The largest absolute Gasteiger partial charge is 0.478 e. The molecule has 0 aliphatic heterocycles. The van der Waals surface area contributed by atoms with Crippen LogP contribution in [0.15, 0.2) is 12.2 Å². The van der Waals surface area contributed by atoms with Crippen molar-refractivity contribution >= 4 is 5.97 Å². The zero-order valence-corrected chi connectivity index (χ0v) is 10.7. The molecule has 0 spiro atoms. The van der Waals surface area contributed by atoms with E-state index in [2.05, 4.69) is 25.3 Å². The molecule has 0 saturated carbocycles. The van der Waals surface area contributed by atoms with Crippen LogP contribution in [-0.2, 0) is 4.79 Å². The first kappa shape index (κ1) is 15.2. The van der Waals surface area contributed by atoms with Crippen molar-refractivity contribution in [2.75, 3.05) is 19.6 Å². The van der Waals surface area contributed by atoms with Crippen molar-refractivity contribution in [2.24, 2.45) is 0 Å². The van der Waals surface area contributed by atoms with Gasteiger partial charge < -0.3 is 10.0 Å². The molecule has 3 nitrogen and oxygen atoms in total. The Kier molecular flexibility index (Phi) is 8.91. The van der Waals surface area contributed by atoms with Gasteiger partial charge in [0.05, 0.1) is 0 Å². The summed E-state index contributed by atoms with van der Waals surface area (Å²) in [6.07, 6.45) is 5.31. The van der Waals surface area contributed by atoms with Crippen molar-refractivity contribution in [1.29, 1.82) is 0 Å². The summed E-state index contributed by atoms with van der Waals surface area (Å²) in [4.78, 5) is 13.0. The van der Waals surface area contributed by atoms with E-state index in [9.17, 15) is 4.79 Å². The topological polar surface area (TPSA) is 40.5 Å². The van der Waals surface area contributed by atoms with E-state index < -0.39 is 5.97 Å². The smallest absolute Gasteiger partial charge is 0.331 e. The van der Waals surface area contributed by atoms with E-state index in [0.717, 1.165) is 19.6 Å². The first-order chi connectivity index (χ1) is 7.61. The summed E-state index contributed by atoms with van der Waals surface area (Å²) in [5.41, 5.74) is 0.318. The molecule has 16 heavy (non-hydrogen) atoms. The average Bonchev–Trinajstić information content (AvgIpc) is 2.27. The molecule has 1 N–H and O–H groups in total. The highest BCUT2D eigenvalue weighted by molar-refractivity contribution is 5.85. The Morgan fingerprint density at radius 2 is 1.62 bits per heavy atom. The highest BCUT2D eigenvalue weighted by Crippen LogP contribution is 2.04. The fraction of sp³-hybridized carbons (Fsp3) is 0.769. The van der Waals surface area contributed by atoms with E-state index in [1.807, 2.05) is 0 Å². The molecule has 0 amide bonds. The number of carboxylic acid groups (broad SMARTS) is 1. The van der Waals surface area contributed by atoms with Gasteiger partial charge in [-0.2, -0.15) is 0 Å². The monoisotopic (exact) mass is 227 g/mol. The molecule has 0 aromatic heterocycles. The normalized spacial score (nSPS) is 10.7. The van der Waals surface area contributed by atoms with Gasteiger partial charge in [-0.15, -0.1) is 0 Å². The number of unbranched alkanes of at least 4 members (excludes halogenated alkanes) is 2. The zero-order chi connectivity index (χ0) is 12.4. The highest BCUT2D eigenvalue weighted by Gasteiger charge is 2.08. The Morgan fingerprint density at radius 3 is 2.00 bits per heavy atom. The minimum Gasteiger partial charge on any atom is -0.478 e. The molecule has 0 atom stereocenters. The molecule has 3 heteroatoms. The molecule has 0 saturated heterocycles. The summed E-state index contributed by atoms with van der Waals surface area (Å²) < 4.78 is 0. The van der Waals surface area contributed by atoms with E-state index in [0.29, 0.717) is 12.0 Å². The number of rotatable bonds is 10. The maximum atomic E-state index is 10.6. The lowest BCUT2D eigenvalue weighted by Gasteiger charge is -2.21. The van der Waals surface area contributed by atoms with Crippen LogP contribution in [0.25, 0.3) is 0 Å². The summed E-state index contributed by atoms with van der Waals surface area (Å²) in [5.74, 6) is -0.870. The number of carbonyl (C=O) groups is 1. The van der Waals surface area contributed by atoms with Gasteiger partial charge in [-0.25, -0.2) is 4.79 Å². The summed E-state index contributed by atoms with van der Waals surface area (Å²) in [6.45, 7) is 10.9. The number of hydrogen-bond acceptors (Lipinski definition) is 2. The van der Waals surface area contributed by atoms with Gasteiger partial charge in [0.15, 0.2) is 0 Å². The second kappa shape index (κ2) is 9.40. The van der Waals surface area contributed by atoms with Gasteiger partial charge in [0.2, 0.25) is 0 Å². The van der Waals surface area contributed by atoms with Crippen molar-refractivity contribution in [3.05, 3.63) is 12.2 Å². The Bertz CT molecular complexity index is 206. The van der Waals surface area contributed by atoms with Gasteiger partial charge in [0, 0.05) is 12.1 Å². The molecule has 0 aliphatic rings. The third-order valence-corrected chi connectivity index (χ3v) is 2.69. The second-order valence-electron chi connectivity index (χ2n) is 4.21. The van der Waals surface area contributed by atoms with Crippen LogP contribution in [0.5, 0.6) is 0 Å². The van der Waals surface area contributed by atoms with Gasteiger partial charge in [-0.1, -0.05) is 33.3 Å². The van der Waals surface area contributed by atoms with Crippen molar-refractivity contribution < 1.29 is 9.90 Å². The molecule has 0 aromatic rings. The van der Waals surface area contributed by atoms with E-state index >= 15 is 0 Å². The van der Waals surface area contributed by atoms with Gasteiger partial charge >= 0.3 is 5.97 Å². The Balaban J connectivity index is 3.89. The van der Waals surface area contributed by atoms with Crippen LogP contribution in [0.2, 0.25) is 0 Å². The molecule has 0 bridgehead atoms. The number of hydrogen-bond donors (Lipinski definition) is 1. The fourth-order valence-electron chi connectivity index (χ4n) is 1.50. The molecular weight excluding hydrogens is 202 g/mol. The van der Waals surface area contributed by atoms with Gasteiger partial charge in [-0.3, -0.25) is 0 Å². The van der Waals surface area contributed by atoms with Crippen molar-refractivity contribution in [1.82, 2.24) is 4.90 Å². The average molecular weight is 227 g/mol. The van der Waals surface area contributed by atoms with E-state index in [1.54, 1.807) is 0 Å². The second-order valence-corrected chi connectivity index (χ2v) is 4.21. The minimum atomic E-state index is -0.870. The lowest BCUT2D eigenvalue weighted by atomic mass is 10.2. The predicted octanol–water partition coefficient (Wildman–Crippen LogP) is 2.92. The maximum Gasteiger partial charge on any atom is 0.331 e. The van der Waals surface area contributed by atoms with Gasteiger partial charge in [0.25, 0.3) is 0 Å². The number of carboxylic acids is 1. The van der Waals surface area contributed by atoms with Crippen LogP contribution >= 0.6 is 0 Å². The zero-order valence-electron chi connectivity index (χ0n) is 10.7. The maximum absolute atomic E-state index is 10.6. The molecule has 94 valence electrons. The first-order valence-electron chi connectivity index (χ1n) is 6.25. The summed E-state index contributed by atoms with van der Waals surface area (Å²) in [6, 6.07) is 0. The van der Waals surface area contributed by atoms with Gasteiger partial charge in [-0.05, 0) is 32.4 Å². The molecule has 0 aliphatic carbocycles. The molecule has 0 aromatic carbocycles. The molecule has 0 radical (unpaired) electrons. The SMILES string of the molecule is C=C(CCN(CCCC)CCCC)C(=O)O. The quantitative estimate of drug-likeness (QED) is 0.583. The third-order valence-electron chi connectivity index (χ3n) is 2.69.